The monoisotopic (exact) mass is 334 g/mol. The summed E-state index contributed by atoms with van der Waals surface area (Å²) in [5, 5.41) is 13.1. The number of rotatable bonds is 4. The van der Waals surface area contributed by atoms with Crippen LogP contribution in [0.4, 0.5) is 0 Å². The van der Waals surface area contributed by atoms with Crippen molar-refractivity contribution in [1.29, 1.82) is 0 Å². The molecule has 0 saturated carbocycles. The highest BCUT2D eigenvalue weighted by atomic mass is 32.1. The summed E-state index contributed by atoms with van der Waals surface area (Å²) in [5.74, 6) is 0.605. The number of thiophene rings is 1. The highest BCUT2D eigenvalue weighted by Gasteiger charge is 2.11. The number of nitrogens with zero attached hydrogens (tertiary/aromatic N) is 3. The maximum atomic E-state index is 12.4. The van der Waals surface area contributed by atoms with E-state index in [1.165, 1.54) is 11.3 Å². The molecule has 5 nitrogen and oxygen atoms in total. The van der Waals surface area contributed by atoms with Crippen LogP contribution in [0.15, 0.2) is 66.2 Å². The molecular formula is C18H14N4OS. The van der Waals surface area contributed by atoms with Gasteiger partial charge in [-0.25, -0.2) is 0 Å². The van der Waals surface area contributed by atoms with E-state index in [1.807, 2.05) is 70.6 Å². The number of fused-ring (bicyclic) bond motifs is 1. The summed E-state index contributed by atoms with van der Waals surface area (Å²) in [6.07, 6.45) is 1.88. The third-order valence-electron chi connectivity index (χ3n) is 3.72. The number of nitrogens with one attached hydrogen (secondary N) is 1. The molecule has 0 aliphatic carbocycles. The van der Waals surface area contributed by atoms with Gasteiger partial charge in [0, 0.05) is 6.20 Å². The van der Waals surface area contributed by atoms with Crippen LogP contribution in [-0.4, -0.2) is 20.5 Å². The van der Waals surface area contributed by atoms with Crippen molar-refractivity contribution in [2.24, 2.45) is 0 Å². The fourth-order valence-electron chi connectivity index (χ4n) is 2.50. The molecule has 118 valence electrons. The summed E-state index contributed by atoms with van der Waals surface area (Å²) in [6.45, 7) is 0.336. The Kier molecular flexibility index (Phi) is 3.80. The van der Waals surface area contributed by atoms with Gasteiger partial charge in [-0.05, 0) is 34.7 Å². The molecule has 4 rings (SSSR count). The smallest absolute Gasteiger partial charge is 0.261 e. The van der Waals surface area contributed by atoms with E-state index >= 15 is 0 Å². The summed E-state index contributed by atoms with van der Waals surface area (Å²) in [6, 6.07) is 17.6. The van der Waals surface area contributed by atoms with Crippen LogP contribution in [0.1, 0.15) is 15.5 Å². The Balaban J connectivity index is 1.48. The van der Waals surface area contributed by atoms with E-state index in [1.54, 1.807) is 0 Å². The maximum absolute atomic E-state index is 12.4. The van der Waals surface area contributed by atoms with Crippen LogP contribution in [0.25, 0.3) is 16.8 Å². The van der Waals surface area contributed by atoms with Gasteiger partial charge in [-0.3, -0.25) is 9.20 Å². The van der Waals surface area contributed by atoms with Crippen molar-refractivity contribution >= 4 is 22.9 Å². The zero-order valence-electron chi connectivity index (χ0n) is 12.7. The molecule has 0 atom stereocenters. The summed E-state index contributed by atoms with van der Waals surface area (Å²) >= 11 is 1.44. The first-order valence-electron chi connectivity index (χ1n) is 7.52. The Labute approximate surface area is 142 Å². The van der Waals surface area contributed by atoms with E-state index in [0.29, 0.717) is 17.2 Å². The molecule has 1 aromatic carbocycles. The van der Waals surface area contributed by atoms with Gasteiger partial charge in [-0.15, -0.1) is 21.5 Å². The topological polar surface area (TPSA) is 59.3 Å². The number of amides is 1. The number of aromatic nitrogens is 3. The average Bonchev–Trinajstić information content (AvgIpc) is 3.28. The molecule has 0 aliphatic heterocycles. The van der Waals surface area contributed by atoms with Crippen LogP contribution in [0.5, 0.6) is 0 Å². The van der Waals surface area contributed by atoms with E-state index in [-0.39, 0.29) is 5.91 Å². The molecule has 0 radical (unpaired) electrons. The minimum atomic E-state index is -0.102. The summed E-state index contributed by atoms with van der Waals surface area (Å²) in [5.41, 5.74) is 2.93. The molecule has 3 aromatic heterocycles. The van der Waals surface area contributed by atoms with Gasteiger partial charge >= 0.3 is 0 Å². The normalized spacial score (nSPS) is 10.8. The van der Waals surface area contributed by atoms with E-state index < -0.39 is 0 Å². The molecule has 4 aromatic rings. The Bertz CT molecular complexity index is 990. The molecule has 0 unspecified atom stereocenters. The van der Waals surface area contributed by atoms with Crippen LogP contribution in [0, 0.1) is 0 Å². The van der Waals surface area contributed by atoms with Crippen molar-refractivity contribution in [2.45, 2.75) is 6.54 Å². The quantitative estimate of drug-likeness (QED) is 0.622. The fourth-order valence-corrected chi connectivity index (χ4v) is 3.33. The number of hydrogen-bond donors (Lipinski definition) is 1. The number of hydrogen-bond acceptors (Lipinski definition) is 4. The lowest BCUT2D eigenvalue weighted by molar-refractivity contribution is 0.0954. The van der Waals surface area contributed by atoms with Crippen LogP contribution in [0.2, 0.25) is 0 Å². The second kappa shape index (κ2) is 6.25. The first-order valence-corrected chi connectivity index (χ1v) is 8.40. The molecule has 0 fully saturated rings. The second-order valence-corrected chi connectivity index (χ2v) is 6.20. The van der Waals surface area contributed by atoms with Crippen molar-refractivity contribution in [3.63, 3.8) is 0 Å². The summed E-state index contributed by atoms with van der Waals surface area (Å²) in [4.78, 5) is 13.0. The van der Waals surface area contributed by atoms with Gasteiger partial charge in [0.05, 0.1) is 11.4 Å². The van der Waals surface area contributed by atoms with Crippen molar-refractivity contribution in [2.75, 3.05) is 0 Å². The SMILES string of the molecule is O=C(NCc1nnc2ccccn12)c1cc(-c2ccccc2)cs1. The molecule has 0 spiro atoms. The molecule has 1 N–H and O–H groups in total. The lowest BCUT2D eigenvalue weighted by Gasteiger charge is -2.02. The third-order valence-corrected chi connectivity index (χ3v) is 4.65. The van der Waals surface area contributed by atoms with Gasteiger partial charge in [-0.1, -0.05) is 36.4 Å². The van der Waals surface area contributed by atoms with Crippen LogP contribution in [0.3, 0.4) is 0 Å². The van der Waals surface area contributed by atoms with Crippen LogP contribution in [-0.2, 0) is 6.54 Å². The number of carbonyl (C=O) groups excluding carboxylic acids is 1. The van der Waals surface area contributed by atoms with Crippen molar-refractivity contribution in [1.82, 2.24) is 19.9 Å². The Hall–Kier alpha value is -2.99. The molecule has 0 aliphatic rings. The standard InChI is InChI=1S/C18H14N4OS/c23-18(15-10-14(12-24-15)13-6-2-1-3-7-13)19-11-17-21-20-16-8-4-5-9-22(16)17/h1-10,12H,11H2,(H,19,23). The average molecular weight is 334 g/mol. The van der Waals surface area contributed by atoms with E-state index in [4.69, 9.17) is 0 Å². The summed E-state index contributed by atoms with van der Waals surface area (Å²) < 4.78 is 1.87. The Morgan fingerprint density at radius 2 is 1.88 bits per heavy atom. The van der Waals surface area contributed by atoms with Gasteiger partial charge < -0.3 is 5.32 Å². The second-order valence-electron chi connectivity index (χ2n) is 5.29. The number of carbonyl (C=O) groups is 1. The van der Waals surface area contributed by atoms with E-state index in [2.05, 4.69) is 15.5 Å². The minimum absolute atomic E-state index is 0.102. The van der Waals surface area contributed by atoms with Gasteiger partial charge in [0.15, 0.2) is 11.5 Å². The zero-order chi connectivity index (χ0) is 16.4. The van der Waals surface area contributed by atoms with Crippen molar-refractivity contribution in [3.8, 4) is 11.1 Å². The molecule has 1 amide bonds. The molecule has 24 heavy (non-hydrogen) atoms. The van der Waals surface area contributed by atoms with Gasteiger partial charge in [0.25, 0.3) is 5.91 Å². The first-order chi connectivity index (χ1) is 11.8. The largest absolute Gasteiger partial charge is 0.344 e. The molecule has 3 heterocycles. The highest BCUT2D eigenvalue weighted by Crippen LogP contribution is 2.25. The lowest BCUT2D eigenvalue weighted by Crippen LogP contribution is -2.23. The van der Waals surface area contributed by atoms with Gasteiger partial charge in [-0.2, -0.15) is 0 Å². The van der Waals surface area contributed by atoms with Gasteiger partial charge in [0.2, 0.25) is 0 Å². The lowest BCUT2D eigenvalue weighted by atomic mass is 10.1. The molecule has 0 bridgehead atoms. The zero-order valence-corrected chi connectivity index (χ0v) is 13.5. The molecule has 6 heteroatoms. The minimum Gasteiger partial charge on any atom is -0.344 e. The van der Waals surface area contributed by atoms with E-state index in [0.717, 1.165) is 16.8 Å². The van der Waals surface area contributed by atoms with Gasteiger partial charge in [0.1, 0.15) is 0 Å². The predicted octanol–water partition coefficient (Wildman–Crippen LogP) is 3.39. The summed E-state index contributed by atoms with van der Waals surface area (Å²) in [7, 11) is 0. The first kappa shape index (κ1) is 14.6. The fraction of sp³-hybridized carbons (Fsp3) is 0.0556. The highest BCUT2D eigenvalue weighted by molar-refractivity contribution is 7.12. The number of pyridine rings is 1. The predicted molar refractivity (Wildman–Crippen MR) is 93.9 cm³/mol. The van der Waals surface area contributed by atoms with Crippen molar-refractivity contribution in [3.05, 3.63) is 76.9 Å². The Morgan fingerprint density at radius 1 is 1.04 bits per heavy atom. The van der Waals surface area contributed by atoms with E-state index in [9.17, 15) is 4.79 Å². The molecule has 0 saturated heterocycles. The maximum Gasteiger partial charge on any atom is 0.261 e. The van der Waals surface area contributed by atoms with Crippen LogP contribution < -0.4 is 5.32 Å². The number of benzene rings is 1. The molecular weight excluding hydrogens is 320 g/mol. The Morgan fingerprint density at radius 3 is 2.75 bits per heavy atom. The van der Waals surface area contributed by atoms with Crippen molar-refractivity contribution < 1.29 is 4.79 Å². The third kappa shape index (κ3) is 2.79. The van der Waals surface area contributed by atoms with Crippen LogP contribution >= 0.6 is 11.3 Å².